The summed E-state index contributed by atoms with van der Waals surface area (Å²) < 4.78 is 0. The van der Waals surface area contributed by atoms with Crippen LogP contribution < -0.4 is 16.6 Å². The Morgan fingerprint density at radius 3 is 2.75 bits per heavy atom. The number of anilines is 2. The molecule has 5 heteroatoms. The van der Waals surface area contributed by atoms with Gasteiger partial charge in [-0.2, -0.15) is 4.98 Å². The van der Waals surface area contributed by atoms with Crippen molar-refractivity contribution in [3.05, 3.63) is 24.3 Å². The third-order valence-corrected chi connectivity index (χ3v) is 4.10. The van der Waals surface area contributed by atoms with Gasteiger partial charge in [-0.25, -0.2) is 10.8 Å². The molecule has 3 rings (SSSR count). The third kappa shape index (κ3) is 2.54. The largest absolute Gasteiger partial charge is 0.369 e. The predicted molar refractivity (Wildman–Crippen MR) is 82.4 cm³/mol. The van der Waals surface area contributed by atoms with E-state index in [4.69, 9.17) is 5.84 Å². The first-order valence-corrected chi connectivity index (χ1v) is 7.24. The number of nitrogens with two attached hydrogens (primary N) is 1. The van der Waals surface area contributed by atoms with Gasteiger partial charge >= 0.3 is 0 Å². The van der Waals surface area contributed by atoms with Gasteiger partial charge in [-0.3, -0.25) is 5.43 Å². The molecule has 0 spiro atoms. The maximum atomic E-state index is 5.45. The lowest BCUT2D eigenvalue weighted by Gasteiger charge is -2.16. The zero-order valence-electron chi connectivity index (χ0n) is 11.8. The Hall–Kier alpha value is -1.88. The van der Waals surface area contributed by atoms with E-state index in [0.29, 0.717) is 11.4 Å². The normalized spacial score (nSPS) is 16.1. The fourth-order valence-electron chi connectivity index (χ4n) is 2.77. The molecule has 1 aromatic carbocycles. The van der Waals surface area contributed by atoms with E-state index in [1.807, 2.05) is 24.3 Å². The molecule has 1 aliphatic carbocycles. The van der Waals surface area contributed by atoms with Crippen molar-refractivity contribution < 1.29 is 0 Å². The number of aromatic nitrogens is 2. The number of hydrogen-bond acceptors (Lipinski definition) is 5. The van der Waals surface area contributed by atoms with Gasteiger partial charge in [0.2, 0.25) is 5.95 Å². The van der Waals surface area contributed by atoms with E-state index in [-0.39, 0.29) is 0 Å². The number of fused-ring (bicyclic) bond motifs is 1. The van der Waals surface area contributed by atoms with Crippen LogP contribution in [-0.4, -0.2) is 16.5 Å². The quantitative estimate of drug-likeness (QED) is 0.556. The number of para-hydroxylation sites is 1. The molecular weight excluding hydrogens is 250 g/mol. The Morgan fingerprint density at radius 1 is 1.25 bits per heavy atom. The highest BCUT2D eigenvalue weighted by atomic mass is 15.3. The highest BCUT2D eigenvalue weighted by molar-refractivity contribution is 5.90. The second-order valence-electron chi connectivity index (χ2n) is 5.66. The highest BCUT2D eigenvalue weighted by Crippen LogP contribution is 2.49. The molecule has 1 saturated carbocycles. The smallest absolute Gasteiger partial charge is 0.239 e. The summed E-state index contributed by atoms with van der Waals surface area (Å²) in [6.07, 6.45) is 5.16. The van der Waals surface area contributed by atoms with Crippen LogP contribution in [0.3, 0.4) is 0 Å². The molecule has 2 aromatic rings. The minimum atomic E-state index is 0.450. The number of nitrogens with zero attached hydrogens (tertiary/aromatic N) is 2. The minimum absolute atomic E-state index is 0.450. The van der Waals surface area contributed by atoms with Gasteiger partial charge < -0.3 is 5.32 Å². The van der Waals surface area contributed by atoms with E-state index < -0.39 is 0 Å². The fourth-order valence-corrected chi connectivity index (χ4v) is 2.77. The third-order valence-electron chi connectivity index (χ3n) is 4.10. The van der Waals surface area contributed by atoms with Crippen LogP contribution in [-0.2, 0) is 0 Å². The van der Waals surface area contributed by atoms with E-state index in [0.717, 1.165) is 23.3 Å². The summed E-state index contributed by atoms with van der Waals surface area (Å²) in [4.78, 5) is 8.82. The zero-order valence-corrected chi connectivity index (χ0v) is 11.8. The van der Waals surface area contributed by atoms with Gasteiger partial charge in [-0.1, -0.05) is 25.5 Å². The molecule has 20 heavy (non-hydrogen) atoms. The zero-order chi connectivity index (χ0) is 14.0. The Balaban J connectivity index is 1.86. The van der Waals surface area contributed by atoms with Crippen molar-refractivity contribution in [2.24, 2.45) is 11.3 Å². The van der Waals surface area contributed by atoms with Crippen LogP contribution in [0, 0.1) is 5.41 Å². The molecule has 0 bridgehead atoms. The second kappa shape index (κ2) is 5.25. The van der Waals surface area contributed by atoms with Crippen molar-refractivity contribution in [2.45, 2.75) is 32.6 Å². The van der Waals surface area contributed by atoms with Crippen molar-refractivity contribution in [1.82, 2.24) is 9.97 Å². The fraction of sp³-hybridized carbons (Fsp3) is 0.467. The van der Waals surface area contributed by atoms with E-state index in [1.165, 1.54) is 25.7 Å². The highest BCUT2D eigenvalue weighted by Gasteiger charge is 2.41. The lowest BCUT2D eigenvalue weighted by atomic mass is 10.0. The molecule has 1 aliphatic rings. The van der Waals surface area contributed by atoms with Gasteiger partial charge in [0.1, 0.15) is 5.82 Å². The first-order valence-electron chi connectivity index (χ1n) is 7.24. The van der Waals surface area contributed by atoms with Crippen molar-refractivity contribution >= 4 is 22.7 Å². The first-order chi connectivity index (χ1) is 9.76. The SMILES string of the molecule is CCCC1(CNc2nc(NN)nc3ccccc23)CC1. The topological polar surface area (TPSA) is 75.9 Å². The summed E-state index contributed by atoms with van der Waals surface area (Å²) in [5.74, 6) is 6.77. The monoisotopic (exact) mass is 271 g/mol. The summed E-state index contributed by atoms with van der Waals surface area (Å²) in [7, 11) is 0. The number of nitrogen functional groups attached to an aromatic ring is 1. The van der Waals surface area contributed by atoms with Crippen molar-refractivity contribution in [1.29, 1.82) is 0 Å². The molecule has 4 N–H and O–H groups in total. The van der Waals surface area contributed by atoms with Gasteiger partial charge in [0.05, 0.1) is 5.52 Å². The van der Waals surface area contributed by atoms with Gasteiger partial charge in [-0.15, -0.1) is 0 Å². The van der Waals surface area contributed by atoms with Crippen LogP contribution in [0.25, 0.3) is 10.9 Å². The second-order valence-corrected chi connectivity index (χ2v) is 5.66. The van der Waals surface area contributed by atoms with Crippen LogP contribution in [0.4, 0.5) is 11.8 Å². The standard InChI is InChI=1S/C15H21N5/c1-2-7-15(8-9-15)10-17-13-11-5-3-4-6-12(11)18-14(19-13)20-16/h3-6H,2,7-10,16H2,1H3,(H2,17,18,19,20). The molecule has 0 atom stereocenters. The van der Waals surface area contributed by atoms with Crippen LogP contribution >= 0.6 is 0 Å². The Bertz CT molecular complexity index is 606. The van der Waals surface area contributed by atoms with Crippen LogP contribution in [0.2, 0.25) is 0 Å². The van der Waals surface area contributed by atoms with Gasteiger partial charge in [0.25, 0.3) is 0 Å². The minimum Gasteiger partial charge on any atom is -0.369 e. The molecule has 0 aliphatic heterocycles. The van der Waals surface area contributed by atoms with Crippen molar-refractivity contribution in [3.8, 4) is 0 Å². The summed E-state index contributed by atoms with van der Waals surface area (Å²) in [5, 5.41) is 4.54. The summed E-state index contributed by atoms with van der Waals surface area (Å²) >= 11 is 0. The maximum Gasteiger partial charge on any atom is 0.239 e. The van der Waals surface area contributed by atoms with E-state index in [1.54, 1.807) is 0 Å². The summed E-state index contributed by atoms with van der Waals surface area (Å²) in [6, 6.07) is 7.99. The average molecular weight is 271 g/mol. The number of rotatable bonds is 6. The van der Waals surface area contributed by atoms with Crippen LogP contribution in [0.1, 0.15) is 32.6 Å². The number of nitrogens with one attached hydrogen (secondary N) is 2. The molecule has 0 amide bonds. The Kier molecular flexibility index (Phi) is 3.44. The van der Waals surface area contributed by atoms with Gasteiger partial charge in [0.15, 0.2) is 0 Å². The molecule has 106 valence electrons. The lowest BCUT2D eigenvalue weighted by molar-refractivity contribution is 0.485. The van der Waals surface area contributed by atoms with E-state index in [2.05, 4.69) is 27.6 Å². The Labute approximate surface area is 119 Å². The first kappa shape index (κ1) is 13.1. The Morgan fingerprint density at radius 2 is 2.05 bits per heavy atom. The molecule has 0 unspecified atom stereocenters. The molecule has 5 nitrogen and oxygen atoms in total. The molecule has 1 aromatic heterocycles. The summed E-state index contributed by atoms with van der Waals surface area (Å²) in [5.41, 5.74) is 3.92. The predicted octanol–water partition coefficient (Wildman–Crippen LogP) is 2.91. The van der Waals surface area contributed by atoms with E-state index >= 15 is 0 Å². The molecular formula is C15H21N5. The van der Waals surface area contributed by atoms with Crippen molar-refractivity contribution in [3.63, 3.8) is 0 Å². The average Bonchev–Trinajstić information content (AvgIpc) is 3.25. The maximum absolute atomic E-state index is 5.45. The summed E-state index contributed by atoms with van der Waals surface area (Å²) in [6.45, 7) is 3.22. The lowest BCUT2D eigenvalue weighted by Crippen LogP contribution is -2.17. The van der Waals surface area contributed by atoms with Crippen LogP contribution in [0.15, 0.2) is 24.3 Å². The number of hydrazine groups is 1. The van der Waals surface area contributed by atoms with Gasteiger partial charge in [-0.05, 0) is 36.8 Å². The molecule has 0 radical (unpaired) electrons. The molecule has 1 fully saturated rings. The van der Waals surface area contributed by atoms with Crippen LogP contribution in [0.5, 0.6) is 0 Å². The molecule has 1 heterocycles. The van der Waals surface area contributed by atoms with Gasteiger partial charge in [0, 0.05) is 11.9 Å². The molecule has 0 saturated heterocycles. The number of hydrogen-bond donors (Lipinski definition) is 3. The van der Waals surface area contributed by atoms with E-state index in [9.17, 15) is 0 Å². The van der Waals surface area contributed by atoms with Crippen molar-refractivity contribution in [2.75, 3.05) is 17.3 Å². The number of benzene rings is 1.